The first-order chi connectivity index (χ1) is 10.1. The molecule has 3 rings (SSSR count). The molecule has 0 aromatic heterocycles. The molecule has 21 heavy (non-hydrogen) atoms. The van der Waals surface area contributed by atoms with Crippen molar-refractivity contribution in [2.45, 2.75) is 31.7 Å². The summed E-state index contributed by atoms with van der Waals surface area (Å²) in [6.45, 7) is 2.11. The predicted octanol–water partition coefficient (Wildman–Crippen LogP) is 3.18. The zero-order valence-corrected chi connectivity index (χ0v) is 13.3. The van der Waals surface area contributed by atoms with Crippen LogP contribution in [-0.4, -0.2) is 35.9 Å². The highest BCUT2D eigenvalue weighted by molar-refractivity contribution is 9.10. The second-order valence-corrected chi connectivity index (χ2v) is 6.30. The minimum atomic E-state index is -0.778. The number of likely N-dealkylation sites (tertiary alicyclic amines) is 1. The molecule has 2 heterocycles. The molecule has 0 bridgehead atoms. The summed E-state index contributed by atoms with van der Waals surface area (Å²) in [5.74, 6) is 0.609. The summed E-state index contributed by atoms with van der Waals surface area (Å²) < 4.78 is 11.7. The van der Waals surface area contributed by atoms with Crippen molar-refractivity contribution < 1.29 is 19.4 Å². The van der Waals surface area contributed by atoms with E-state index in [1.54, 1.807) is 0 Å². The third-order valence-electron chi connectivity index (χ3n) is 4.03. The van der Waals surface area contributed by atoms with E-state index in [-0.39, 0.29) is 19.3 Å². The van der Waals surface area contributed by atoms with E-state index < -0.39 is 5.97 Å². The molecule has 1 atom stereocenters. The smallest absolute Gasteiger partial charge is 0.305 e. The van der Waals surface area contributed by atoms with Gasteiger partial charge in [0.1, 0.15) is 0 Å². The van der Waals surface area contributed by atoms with Crippen molar-refractivity contribution in [1.29, 1.82) is 0 Å². The average molecular weight is 356 g/mol. The Kier molecular flexibility index (Phi) is 4.35. The van der Waals surface area contributed by atoms with Crippen LogP contribution in [0.5, 0.6) is 11.5 Å². The number of carboxylic acids is 1. The Morgan fingerprint density at radius 1 is 1.29 bits per heavy atom. The molecule has 1 saturated heterocycles. The number of benzene rings is 1. The number of aliphatic carboxylic acids is 1. The first-order valence-electron chi connectivity index (χ1n) is 7.20. The molecule has 0 aliphatic carbocycles. The van der Waals surface area contributed by atoms with Crippen LogP contribution >= 0.6 is 15.9 Å². The number of halogens is 1. The molecule has 1 unspecified atom stereocenters. The lowest BCUT2D eigenvalue weighted by molar-refractivity contribution is -0.138. The summed E-state index contributed by atoms with van der Waals surface area (Å²) in [7, 11) is 0. The Labute approximate surface area is 132 Å². The highest BCUT2D eigenvalue weighted by Gasteiger charge is 2.27. The van der Waals surface area contributed by atoms with Crippen molar-refractivity contribution in [2.75, 3.05) is 19.9 Å². The highest BCUT2D eigenvalue weighted by Crippen LogP contribution is 2.42. The van der Waals surface area contributed by atoms with Gasteiger partial charge in [0.2, 0.25) is 6.79 Å². The van der Waals surface area contributed by atoms with Crippen molar-refractivity contribution in [2.24, 2.45) is 0 Å². The molecule has 0 saturated carbocycles. The monoisotopic (exact) mass is 355 g/mol. The Morgan fingerprint density at radius 2 is 2.05 bits per heavy atom. The molecular weight excluding hydrogens is 338 g/mol. The van der Waals surface area contributed by atoms with Crippen LogP contribution in [0.2, 0.25) is 0 Å². The van der Waals surface area contributed by atoms with Gasteiger partial charge in [0.25, 0.3) is 0 Å². The second-order valence-electron chi connectivity index (χ2n) is 5.45. The van der Waals surface area contributed by atoms with Crippen molar-refractivity contribution in [1.82, 2.24) is 4.90 Å². The maximum atomic E-state index is 11.3. The Balaban J connectivity index is 1.91. The van der Waals surface area contributed by atoms with E-state index in [0.717, 1.165) is 36.0 Å². The van der Waals surface area contributed by atoms with Gasteiger partial charge in [-0.15, -0.1) is 0 Å². The molecule has 0 radical (unpaired) electrons. The summed E-state index contributed by atoms with van der Waals surface area (Å²) in [6, 6.07) is 3.75. The maximum Gasteiger partial charge on any atom is 0.305 e. The molecule has 114 valence electrons. The number of nitrogens with zero attached hydrogens (tertiary/aromatic N) is 1. The minimum absolute atomic E-state index is 0.103. The normalized spacial score (nSPS) is 19.5. The Morgan fingerprint density at radius 3 is 2.76 bits per heavy atom. The van der Waals surface area contributed by atoms with Gasteiger partial charge in [-0.25, -0.2) is 0 Å². The predicted molar refractivity (Wildman–Crippen MR) is 80.7 cm³/mol. The average Bonchev–Trinajstić information content (AvgIpc) is 2.94. The molecule has 1 aromatic carbocycles. The Bertz CT molecular complexity index is 543. The second kappa shape index (κ2) is 6.23. The van der Waals surface area contributed by atoms with E-state index in [4.69, 9.17) is 9.47 Å². The molecule has 5 nitrogen and oxygen atoms in total. The number of rotatable bonds is 4. The fourth-order valence-electron chi connectivity index (χ4n) is 3.03. The molecular formula is C15H18BrNO4. The van der Waals surface area contributed by atoms with E-state index in [1.807, 2.05) is 12.1 Å². The zero-order chi connectivity index (χ0) is 14.8. The fourth-order valence-corrected chi connectivity index (χ4v) is 3.61. The molecule has 0 amide bonds. The maximum absolute atomic E-state index is 11.3. The van der Waals surface area contributed by atoms with Crippen LogP contribution in [0, 0.1) is 0 Å². The van der Waals surface area contributed by atoms with Crippen LogP contribution < -0.4 is 9.47 Å². The lowest BCUT2D eigenvalue weighted by Crippen LogP contribution is -2.35. The van der Waals surface area contributed by atoms with Gasteiger partial charge >= 0.3 is 5.97 Å². The van der Waals surface area contributed by atoms with E-state index in [9.17, 15) is 9.90 Å². The summed E-state index contributed by atoms with van der Waals surface area (Å²) in [5, 5.41) is 9.24. The molecule has 1 aromatic rings. The molecule has 1 fully saturated rings. The quantitative estimate of drug-likeness (QED) is 0.898. The van der Waals surface area contributed by atoms with Crippen LogP contribution in [0.4, 0.5) is 0 Å². The summed E-state index contributed by atoms with van der Waals surface area (Å²) in [6.07, 6.45) is 3.58. The number of carbonyl (C=O) groups is 1. The standard InChI is InChI=1S/C15H18BrNO4/c16-11-6-10(7-13-15(11)21-9-20-13)12(8-14(18)19)17-4-2-1-3-5-17/h6-7,12H,1-5,8-9H2,(H,18,19). The topological polar surface area (TPSA) is 59.0 Å². The van der Waals surface area contributed by atoms with Gasteiger partial charge in [0.15, 0.2) is 11.5 Å². The van der Waals surface area contributed by atoms with Gasteiger partial charge in [-0.1, -0.05) is 6.42 Å². The van der Waals surface area contributed by atoms with Crippen molar-refractivity contribution >= 4 is 21.9 Å². The third-order valence-corrected chi connectivity index (χ3v) is 4.62. The number of fused-ring (bicyclic) bond motifs is 1. The first kappa shape index (κ1) is 14.7. The molecule has 2 aliphatic heterocycles. The van der Waals surface area contributed by atoms with Gasteiger partial charge in [-0.05, 0) is 59.6 Å². The van der Waals surface area contributed by atoms with Gasteiger partial charge in [-0.3, -0.25) is 9.69 Å². The van der Waals surface area contributed by atoms with E-state index in [0.29, 0.717) is 11.5 Å². The highest BCUT2D eigenvalue weighted by atomic mass is 79.9. The zero-order valence-electron chi connectivity index (χ0n) is 11.7. The van der Waals surface area contributed by atoms with Crippen LogP contribution in [-0.2, 0) is 4.79 Å². The van der Waals surface area contributed by atoms with Crippen molar-refractivity contribution in [3.63, 3.8) is 0 Å². The van der Waals surface area contributed by atoms with Gasteiger partial charge in [0, 0.05) is 6.04 Å². The van der Waals surface area contributed by atoms with Crippen LogP contribution in [0.3, 0.4) is 0 Å². The SMILES string of the molecule is O=C(O)CC(c1cc(Br)c2c(c1)OCO2)N1CCCCC1. The largest absolute Gasteiger partial charge is 0.481 e. The number of ether oxygens (including phenoxy) is 2. The van der Waals surface area contributed by atoms with Gasteiger partial charge < -0.3 is 14.6 Å². The van der Waals surface area contributed by atoms with Crippen LogP contribution in [0.25, 0.3) is 0 Å². The Hall–Kier alpha value is -1.27. The molecule has 6 heteroatoms. The lowest BCUT2D eigenvalue weighted by atomic mass is 9.98. The summed E-state index contributed by atoms with van der Waals surface area (Å²) >= 11 is 3.49. The van der Waals surface area contributed by atoms with Gasteiger partial charge in [-0.2, -0.15) is 0 Å². The third kappa shape index (κ3) is 3.16. The fraction of sp³-hybridized carbons (Fsp3) is 0.533. The first-order valence-corrected chi connectivity index (χ1v) is 7.99. The van der Waals surface area contributed by atoms with Crippen LogP contribution in [0.1, 0.15) is 37.3 Å². The molecule has 0 spiro atoms. The van der Waals surface area contributed by atoms with E-state index >= 15 is 0 Å². The summed E-state index contributed by atoms with van der Waals surface area (Å²) in [4.78, 5) is 13.5. The number of hydrogen-bond donors (Lipinski definition) is 1. The van der Waals surface area contributed by atoms with E-state index in [1.165, 1.54) is 6.42 Å². The molecule has 1 N–H and O–H groups in total. The van der Waals surface area contributed by atoms with Crippen LogP contribution in [0.15, 0.2) is 16.6 Å². The van der Waals surface area contributed by atoms with Crippen molar-refractivity contribution in [3.05, 3.63) is 22.2 Å². The molecule has 2 aliphatic rings. The number of hydrogen-bond acceptors (Lipinski definition) is 4. The number of carboxylic acid groups (broad SMARTS) is 1. The minimum Gasteiger partial charge on any atom is -0.481 e. The number of piperidine rings is 1. The summed E-state index contributed by atoms with van der Waals surface area (Å²) in [5.41, 5.74) is 0.968. The van der Waals surface area contributed by atoms with E-state index in [2.05, 4.69) is 20.8 Å². The van der Waals surface area contributed by atoms with Crippen molar-refractivity contribution in [3.8, 4) is 11.5 Å². The van der Waals surface area contributed by atoms with Gasteiger partial charge in [0.05, 0.1) is 10.9 Å². The lowest BCUT2D eigenvalue weighted by Gasteiger charge is -2.34.